The van der Waals surface area contributed by atoms with Gasteiger partial charge in [0.1, 0.15) is 5.76 Å². The van der Waals surface area contributed by atoms with Crippen LogP contribution in [0, 0.1) is 0 Å². The van der Waals surface area contributed by atoms with E-state index in [-0.39, 0.29) is 18.1 Å². The first-order valence-corrected chi connectivity index (χ1v) is 7.11. The SMILES string of the molecule is CCCC/C(=C/C=C/CCl)OS(=O)(=O)C(F)(F)F. The fourth-order valence-electron chi connectivity index (χ4n) is 0.919. The lowest BCUT2D eigenvalue weighted by atomic mass is 10.2. The van der Waals surface area contributed by atoms with Crippen LogP contribution < -0.4 is 0 Å². The Morgan fingerprint density at radius 3 is 2.44 bits per heavy atom. The minimum absolute atomic E-state index is 0.110. The van der Waals surface area contributed by atoms with Gasteiger partial charge in [-0.15, -0.1) is 11.6 Å². The molecule has 0 aromatic heterocycles. The molecule has 0 bridgehead atoms. The fraction of sp³-hybridized carbons (Fsp3) is 0.600. The minimum Gasteiger partial charge on any atom is -0.381 e. The monoisotopic (exact) mass is 306 g/mol. The molecule has 0 aliphatic carbocycles. The van der Waals surface area contributed by atoms with Gasteiger partial charge in [0.05, 0.1) is 0 Å². The maximum atomic E-state index is 12.1. The van der Waals surface area contributed by atoms with Crippen molar-refractivity contribution in [1.29, 1.82) is 0 Å². The Hall–Kier alpha value is -0.690. The molecule has 8 heteroatoms. The van der Waals surface area contributed by atoms with E-state index in [1.807, 2.05) is 6.92 Å². The molecule has 0 spiro atoms. The molecule has 0 heterocycles. The van der Waals surface area contributed by atoms with Crippen molar-refractivity contribution in [3.63, 3.8) is 0 Å². The molecule has 0 saturated heterocycles. The third kappa shape index (κ3) is 6.30. The van der Waals surface area contributed by atoms with Crippen LogP contribution in [0.2, 0.25) is 0 Å². The smallest absolute Gasteiger partial charge is 0.381 e. The summed E-state index contributed by atoms with van der Waals surface area (Å²) < 4.78 is 62.1. The van der Waals surface area contributed by atoms with E-state index >= 15 is 0 Å². The van der Waals surface area contributed by atoms with Gasteiger partial charge in [-0.2, -0.15) is 21.6 Å². The Morgan fingerprint density at radius 1 is 1.39 bits per heavy atom. The molecule has 0 aromatic carbocycles. The molecule has 0 N–H and O–H groups in total. The largest absolute Gasteiger partial charge is 0.534 e. The van der Waals surface area contributed by atoms with Gasteiger partial charge in [-0.3, -0.25) is 0 Å². The highest BCUT2D eigenvalue weighted by molar-refractivity contribution is 7.87. The minimum atomic E-state index is -5.60. The zero-order valence-corrected chi connectivity index (χ0v) is 11.3. The molecule has 0 aliphatic rings. The molecular weight excluding hydrogens is 293 g/mol. The molecule has 0 amide bonds. The van der Waals surface area contributed by atoms with E-state index in [2.05, 4.69) is 4.18 Å². The van der Waals surface area contributed by atoms with E-state index in [1.54, 1.807) is 0 Å². The maximum Gasteiger partial charge on any atom is 0.534 e. The van der Waals surface area contributed by atoms with Crippen LogP contribution in [0.25, 0.3) is 0 Å². The summed E-state index contributed by atoms with van der Waals surface area (Å²) >= 11 is 5.34. The Labute approximate surface area is 109 Å². The fourth-order valence-corrected chi connectivity index (χ4v) is 1.54. The first-order valence-electron chi connectivity index (χ1n) is 5.17. The van der Waals surface area contributed by atoms with Gasteiger partial charge >= 0.3 is 15.6 Å². The topological polar surface area (TPSA) is 43.4 Å². The standard InChI is InChI=1S/C10H14ClF3O3S/c1-2-3-6-9(7-4-5-8-11)17-18(15,16)10(12,13)14/h4-5,7H,2-3,6,8H2,1H3/b5-4+,9-7-. The highest BCUT2D eigenvalue weighted by atomic mass is 35.5. The van der Waals surface area contributed by atoms with Gasteiger partial charge in [-0.25, -0.2) is 0 Å². The third-order valence-electron chi connectivity index (χ3n) is 1.78. The van der Waals surface area contributed by atoms with Crippen LogP contribution in [0.3, 0.4) is 0 Å². The van der Waals surface area contributed by atoms with Crippen molar-refractivity contribution < 1.29 is 25.8 Å². The van der Waals surface area contributed by atoms with Crippen LogP contribution in [0.1, 0.15) is 26.2 Å². The predicted octanol–water partition coefficient (Wildman–Crippen LogP) is 3.72. The molecule has 0 fully saturated rings. The molecule has 0 radical (unpaired) electrons. The Kier molecular flexibility index (Phi) is 7.39. The van der Waals surface area contributed by atoms with Gasteiger partial charge in [-0.05, 0) is 12.5 Å². The number of rotatable bonds is 7. The first-order chi connectivity index (χ1) is 8.24. The lowest BCUT2D eigenvalue weighted by Crippen LogP contribution is -2.25. The third-order valence-corrected chi connectivity index (χ3v) is 2.96. The molecule has 3 nitrogen and oxygen atoms in total. The second-order valence-corrected chi connectivity index (χ2v) is 5.15. The molecule has 0 rings (SSSR count). The zero-order chi connectivity index (χ0) is 14.2. The van der Waals surface area contributed by atoms with Crippen LogP contribution in [0.5, 0.6) is 0 Å². The Bertz CT molecular complexity index is 399. The lowest BCUT2D eigenvalue weighted by Gasteiger charge is -2.11. The van der Waals surface area contributed by atoms with E-state index in [0.29, 0.717) is 12.8 Å². The van der Waals surface area contributed by atoms with Crippen molar-refractivity contribution in [1.82, 2.24) is 0 Å². The van der Waals surface area contributed by atoms with E-state index in [9.17, 15) is 21.6 Å². The molecule has 18 heavy (non-hydrogen) atoms. The molecule has 0 atom stereocenters. The average Bonchev–Trinajstić information content (AvgIpc) is 2.24. The molecular formula is C10H14ClF3O3S. The highest BCUT2D eigenvalue weighted by Crippen LogP contribution is 2.27. The van der Waals surface area contributed by atoms with Gasteiger partial charge in [0, 0.05) is 12.3 Å². The van der Waals surface area contributed by atoms with Gasteiger partial charge < -0.3 is 4.18 Å². The molecule has 0 unspecified atom stereocenters. The zero-order valence-electron chi connectivity index (χ0n) is 9.71. The Balaban J connectivity index is 4.90. The average molecular weight is 307 g/mol. The number of hydrogen-bond acceptors (Lipinski definition) is 3. The maximum absolute atomic E-state index is 12.1. The summed E-state index contributed by atoms with van der Waals surface area (Å²) in [6.07, 6.45) is 5.31. The van der Waals surface area contributed by atoms with Crippen molar-refractivity contribution >= 4 is 21.7 Å². The van der Waals surface area contributed by atoms with Gasteiger partial charge in [0.2, 0.25) is 0 Å². The van der Waals surface area contributed by atoms with Crippen LogP contribution in [0.15, 0.2) is 24.0 Å². The molecule has 0 aliphatic heterocycles. The molecule has 0 aromatic rings. The van der Waals surface area contributed by atoms with Gasteiger partial charge in [-0.1, -0.05) is 25.5 Å². The van der Waals surface area contributed by atoms with E-state index < -0.39 is 15.6 Å². The molecule has 106 valence electrons. The van der Waals surface area contributed by atoms with Gasteiger partial charge in [0.15, 0.2) is 0 Å². The van der Waals surface area contributed by atoms with Crippen molar-refractivity contribution in [2.24, 2.45) is 0 Å². The Morgan fingerprint density at radius 2 is 2.00 bits per heavy atom. The van der Waals surface area contributed by atoms with Crippen molar-refractivity contribution in [3.05, 3.63) is 24.0 Å². The number of unbranched alkanes of at least 4 members (excludes halogenated alkanes) is 1. The van der Waals surface area contributed by atoms with Crippen LogP contribution in [-0.4, -0.2) is 19.8 Å². The van der Waals surface area contributed by atoms with Gasteiger partial charge in [0.25, 0.3) is 0 Å². The normalized spacial score (nSPS) is 14.2. The van der Waals surface area contributed by atoms with Crippen LogP contribution >= 0.6 is 11.6 Å². The van der Waals surface area contributed by atoms with Crippen molar-refractivity contribution in [2.45, 2.75) is 31.7 Å². The number of hydrogen-bond donors (Lipinski definition) is 0. The first kappa shape index (κ1) is 17.3. The van der Waals surface area contributed by atoms with Crippen LogP contribution in [-0.2, 0) is 14.3 Å². The second-order valence-electron chi connectivity index (χ2n) is 3.30. The van der Waals surface area contributed by atoms with E-state index in [0.717, 1.165) is 0 Å². The summed E-state index contributed by atoms with van der Waals surface area (Å²) in [4.78, 5) is 0. The second kappa shape index (κ2) is 7.68. The summed E-state index contributed by atoms with van der Waals surface area (Å²) in [5.41, 5.74) is -5.42. The predicted molar refractivity (Wildman–Crippen MR) is 63.5 cm³/mol. The van der Waals surface area contributed by atoms with E-state index in [4.69, 9.17) is 11.6 Å². The van der Waals surface area contributed by atoms with Crippen molar-refractivity contribution in [3.8, 4) is 0 Å². The van der Waals surface area contributed by atoms with Crippen molar-refractivity contribution in [2.75, 3.05) is 5.88 Å². The highest BCUT2D eigenvalue weighted by Gasteiger charge is 2.48. The summed E-state index contributed by atoms with van der Waals surface area (Å²) in [6.45, 7) is 1.82. The van der Waals surface area contributed by atoms with Crippen LogP contribution in [0.4, 0.5) is 13.2 Å². The number of alkyl halides is 4. The lowest BCUT2D eigenvalue weighted by molar-refractivity contribution is -0.0523. The molecule has 0 saturated carbocycles. The summed E-state index contributed by atoms with van der Waals surface area (Å²) in [7, 11) is -5.60. The number of halogens is 4. The summed E-state index contributed by atoms with van der Waals surface area (Å²) in [5.74, 6) is -0.0839. The summed E-state index contributed by atoms with van der Waals surface area (Å²) in [5, 5.41) is 0. The summed E-state index contributed by atoms with van der Waals surface area (Å²) in [6, 6.07) is 0. The number of allylic oxidation sites excluding steroid dienone is 4. The van der Waals surface area contributed by atoms with E-state index in [1.165, 1.54) is 18.2 Å². The quantitative estimate of drug-likeness (QED) is 0.237.